The van der Waals surface area contributed by atoms with Crippen molar-refractivity contribution < 1.29 is 36.4 Å². The van der Waals surface area contributed by atoms with Crippen LogP contribution in [-0.4, -0.2) is 21.5 Å². The number of rotatable bonds is 4. The lowest BCUT2D eigenvalue weighted by Gasteiger charge is -2.11. The van der Waals surface area contributed by atoms with E-state index in [0.29, 0.717) is 0 Å². The van der Waals surface area contributed by atoms with Gasteiger partial charge in [0, 0.05) is 0 Å². The number of alkyl halides is 5. The van der Waals surface area contributed by atoms with Gasteiger partial charge in [-0.15, -0.1) is 13.2 Å². The van der Waals surface area contributed by atoms with Crippen molar-refractivity contribution in [3.8, 4) is 5.88 Å². The Bertz CT molecular complexity index is 563. The van der Waals surface area contributed by atoms with Gasteiger partial charge in [-0.25, -0.2) is 13.8 Å². The predicted octanol–water partition coefficient (Wildman–Crippen LogP) is 3.20. The molecule has 0 N–H and O–H groups in total. The molecule has 0 bridgehead atoms. The van der Waals surface area contributed by atoms with Gasteiger partial charge < -0.3 is 4.74 Å². The highest BCUT2D eigenvalue weighted by atomic mass is 35.5. The van der Waals surface area contributed by atoms with Crippen LogP contribution >= 0.6 is 11.6 Å². The van der Waals surface area contributed by atoms with Gasteiger partial charge in [-0.3, -0.25) is 14.9 Å². The lowest BCUT2D eigenvalue weighted by Crippen LogP contribution is -2.19. The number of nitro groups is 1. The molecule has 110 valence electrons. The van der Waals surface area contributed by atoms with Gasteiger partial charge in [0.05, 0.1) is 11.0 Å². The van der Waals surface area contributed by atoms with Crippen LogP contribution < -0.4 is 4.74 Å². The van der Waals surface area contributed by atoms with Gasteiger partial charge >= 0.3 is 6.36 Å². The standard InChI is InChI=1S/C8H2ClF5N2O4/c9-6(17)4-2(16(18)19)1-3(20-8(12,13)14)15-5(4)7(10)11/h1,7H. The molecule has 0 aliphatic heterocycles. The first kappa shape index (κ1) is 16.0. The summed E-state index contributed by atoms with van der Waals surface area (Å²) in [5.74, 6) is -1.50. The van der Waals surface area contributed by atoms with Gasteiger partial charge in [0.1, 0.15) is 11.3 Å². The number of aromatic nitrogens is 1. The molecule has 1 aromatic rings. The van der Waals surface area contributed by atoms with Gasteiger partial charge in [0.2, 0.25) is 5.88 Å². The molecule has 12 heteroatoms. The van der Waals surface area contributed by atoms with Crippen molar-refractivity contribution in [3.05, 3.63) is 27.4 Å². The monoisotopic (exact) mass is 320 g/mol. The molecule has 0 aliphatic rings. The molecule has 0 amide bonds. The largest absolute Gasteiger partial charge is 0.574 e. The van der Waals surface area contributed by atoms with Crippen molar-refractivity contribution in [2.45, 2.75) is 12.8 Å². The molecule has 0 spiro atoms. The van der Waals surface area contributed by atoms with Crippen LogP contribution in [0.5, 0.6) is 5.88 Å². The number of hydrogen-bond acceptors (Lipinski definition) is 5. The molecule has 0 atom stereocenters. The lowest BCUT2D eigenvalue weighted by atomic mass is 10.1. The van der Waals surface area contributed by atoms with Crippen LogP contribution in [0.3, 0.4) is 0 Å². The maximum atomic E-state index is 12.6. The average molecular weight is 321 g/mol. The molecular weight excluding hydrogens is 319 g/mol. The van der Waals surface area contributed by atoms with Crippen molar-refractivity contribution in [2.75, 3.05) is 0 Å². The molecule has 6 nitrogen and oxygen atoms in total. The second-order valence-corrected chi connectivity index (χ2v) is 3.46. The Kier molecular flexibility index (Phi) is 4.43. The van der Waals surface area contributed by atoms with Crippen LogP contribution in [0.1, 0.15) is 22.5 Å². The van der Waals surface area contributed by atoms with Crippen LogP contribution in [0.25, 0.3) is 0 Å². The van der Waals surface area contributed by atoms with Crippen LogP contribution in [0.15, 0.2) is 6.07 Å². The van der Waals surface area contributed by atoms with Crippen molar-refractivity contribution in [3.63, 3.8) is 0 Å². The van der Waals surface area contributed by atoms with Crippen LogP contribution in [0.4, 0.5) is 27.6 Å². The number of pyridine rings is 1. The average Bonchev–Trinajstić information content (AvgIpc) is 2.24. The predicted molar refractivity (Wildman–Crippen MR) is 52.7 cm³/mol. The summed E-state index contributed by atoms with van der Waals surface area (Å²) in [4.78, 5) is 22.9. The normalized spacial score (nSPS) is 11.6. The minimum atomic E-state index is -5.30. The lowest BCUT2D eigenvalue weighted by molar-refractivity contribution is -0.385. The number of halogens is 6. The molecule has 1 heterocycles. The smallest absolute Gasteiger partial charge is 0.388 e. The molecule has 0 saturated heterocycles. The molecule has 0 radical (unpaired) electrons. The Hall–Kier alpha value is -2.04. The zero-order valence-electron chi connectivity index (χ0n) is 8.95. The van der Waals surface area contributed by atoms with E-state index in [2.05, 4.69) is 9.72 Å². The van der Waals surface area contributed by atoms with E-state index < -0.39 is 45.8 Å². The summed E-state index contributed by atoms with van der Waals surface area (Å²) in [6.07, 6.45) is -8.87. The fourth-order valence-corrected chi connectivity index (χ4v) is 1.39. The van der Waals surface area contributed by atoms with Gasteiger partial charge in [-0.1, -0.05) is 0 Å². The van der Waals surface area contributed by atoms with E-state index in [0.717, 1.165) is 0 Å². The van der Waals surface area contributed by atoms with Crippen LogP contribution in [0.2, 0.25) is 0 Å². The fraction of sp³-hybridized carbons (Fsp3) is 0.250. The first-order valence-electron chi connectivity index (χ1n) is 4.46. The maximum Gasteiger partial charge on any atom is 0.574 e. The van der Waals surface area contributed by atoms with Crippen LogP contribution in [0, 0.1) is 10.1 Å². The van der Waals surface area contributed by atoms with Crippen molar-refractivity contribution >= 4 is 22.5 Å². The summed E-state index contributed by atoms with van der Waals surface area (Å²) in [5, 5.41) is 8.95. The van der Waals surface area contributed by atoms with Crippen molar-refractivity contribution in [2.24, 2.45) is 0 Å². The maximum absolute atomic E-state index is 12.6. The number of nitrogens with zero attached hydrogens (tertiary/aromatic N) is 2. The van der Waals surface area contributed by atoms with Crippen molar-refractivity contribution in [1.29, 1.82) is 0 Å². The second-order valence-electron chi connectivity index (χ2n) is 3.12. The first-order valence-corrected chi connectivity index (χ1v) is 4.83. The van der Waals surface area contributed by atoms with Gasteiger partial charge in [-0.05, 0) is 11.6 Å². The molecule has 1 aromatic heterocycles. The Morgan fingerprint density at radius 2 is 2.00 bits per heavy atom. The summed E-state index contributed by atoms with van der Waals surface area (Å²) in [6.45, 7) is 0. The molecule has 0 aromatic carbocycles. The highest BCUT2D eigenvalue weighted by molar-refractivity contribution is 6.68. The number of carbonyl (C=O) groups excluding carboxylic acids is 1. The van der Waals surface area contributed by atoms with Crippen LogP contribution in [-0.2, 0) is 0 Å². The number of carbonyl (C=O) groups is 1. The Balaban J connectivity index is 3.54. The summed E-state index contributed by atoms with van der Waals surface area (Å²) in [6, 6.07) is 0.0784. The van der Waals surface area contributed by atoms with E-state index >= 15 is 0 Å². The summed E-state index contributed by atoms with van der Waals surface area (Å²) in [7, 11) is 0. The molecule has 0 unspecified atom stereocenters. The Morgan fingerprint density at radius 3 is 2.35 bits per heavy atom. The highest BCUT2D eigenvalue weighted by Crippen LogP contribution is 2.34. The van der Waals surface area contributed by atoms with Crippen molar-refractivity contribution in [1.82, 2.24) is 4.98 Å². The molecule has 0 aliphatic carbocycles. The number of ether oxygens (including phenoxy) is 1. The Morgan fingerprint density at radius 1 is 1.45 bits per heavy atom. The first-order chi connectivity index (χ1) is 9.03. The minimum absolute atomic E-state index is 0.0784. The molecule has 0 fully saturated rings. The summed E-state index contributed by atoms with van der Waals surface area (Å²) in [5.41, 5.74) is -4.23. The third-order valence-corrected chi connectivity index (χ3v) is 2.01. The minimum Gasteiger partial charge on any atom is -0.388 e. The topological polar surface area (TPSA) is 82.3 Å². The number of hydrogen-bond donors (Lipinski definition) is 0. The fourth-order valence-electron chi connectivity index (χ4n) is 1.20. The molecule has 20 heavy (non-hydrogen) atoms. The molecular formula is C8H2ClF5N2O4. The van der Waals surface area contributed by atoms with Gasteiger partial charge in [0.25, 0.3) is 17.4 Å². The van der Waals surface area contributed by atoms with E-state index in [9.17, 15) is 36.9 Å². The summed E-state index contributed by atoms with van der Waals surface area (Å²) < 4.78 is 64.3. The zero-order chi connectivity index (χ0) is 15.7. The van der Waals surface area contributed by atoms with Gasteiger partial charge in [0.15, 0.2) is 0 Å². The van der Waals surface area contributed by atoms with Gasteiger partial charge in [-0.2, -0.15) is 0 Å². The van der Waals surface area contributed by atoms with E-state index in [-0.39, 0.29) is 6.07 Å². The van der Waals surface area contributed by atoms with E-state index in [4.69, 9.17) is 11.6 Å². The highest BCUT2D eigenvalue weighted by Gasteiger charge is 2.36. The summed E-state index contributed by atoms with van der Waals surface area (Å²) >= 11 is 4.91. The third kappa shape index (κ3) is 3.73. The molecule has 1 rings (SSSR count). The third-order valence-electron chi connectivity index (χ3n) is 1.82. The molecule has 0 saturated carbocycles. The van der Waals surface area contributed by atoms with E-state index in [1.165, 1.54) is 0 Å². The quantitative estimate of drug-likeness (QED) is 0.368. The van der Waals surface area contributed by atoms with E-state index in [1.54, 1.807) is 0 Å². The van der Waals surface area contributed by atoms with E-state index in [1.807, 2.05) is 0 Å². The zero-order valence-corrected chi connectivity index (χ0v) is 9.71. The second kappa shape index (κ2) is 5.53. The SMILES string of the molecule is O=C(Cl)c1c([N+](=O)[O-])cc(OC(F)(F)F)nc1C(F)F. The Labute approximate surface area is 111 Å².